The second-order valence-corrected chi connectivity index (χ2v) is 4.76. The van der Waals surface area contributed by atoms with Crippen LogP contribution in [0.15, 0.2) is 0 Å². The lowest BCUT2D eigenvalue weighted by atomic mass is 9.99. The first kappa shape index (κ1) is 18.2. The minimum absolute atomic E-state index is 0.350. The first-order chi connectivity index (χ1) is 9.40. The first-order valence-corrected chi connectivity index (χ1v) is 6.89. The fraction of sp³-hybridized carbons (Fsp3) is 0.769. The van der Waals surface area contributed by atoms with E-state index in [-0.39, 0.29) is 0 Å². The van der Waals surface area contributed by atoms with Crippen molar-refractivity contribution in [1.29, 1.82) is 0 Å². The van der Waals surface area contributed by atoms with Crippen LogP contribution in [0, 0.1) is 5.92 Å². The molecule has 116 valence electrons. The van der Waals surface area contributed by atoms with Crippen LogP contribution in [0.2, 0.25) is 0 Å². The van der Waals surface area contributed by atoms with Gasteiger partial charge in [0.05, 0.1) is 6.42 Å². The Balaban J connectivity index is 4.18. The highest BCUT2D eigenvalue weighted by atomic mass is 16.4. The minimum Gasteiger partial charge on any atom is -0.481 e. The van der Waals surface area contributed by atoms with E-state index in [1.807, 2.05) is 6.92 Å². The van der Waals surface area contributed by atoms with Crippen LogP contribution in [-0.2, 0) is 9.59 Å². The number of amides is 2. The Bertz CT molecular complexity index is 333. The van der Waals surface area contributed by atoms with E-state index in [1.54, 1.807) is 0 Å². The fourth-order valence-electron chi connectivity index (χ4n) is 1.76. The predicted octanol–water partition coefficient (Wildman–Crippen LogP) is 1.43. The smallest absolute Gasteiger partial charge is 0.326 e. The van der Waals surface area contributed by atoms with Crippen LogP contribution in [0.25, 0.3) is 0 Å². The Hall–Kier alpha value is -1.79. The number of unbranched alkanes of at least 4 members (excludes halogenated alkanes) is 1. The summed E-state index contributed by atoms with van der Waals surface area (Å²) < 4.78 is 0. The SMILES string of the molecule is CCCCC(CC)CNC(=O)NC(CC(=O)O)C(=O)O. The van der Waals surface area contributed by atoms with Gasteiger partial charge in [-0.15, -0.1) is 0 Å². The topological polar surface area (TPSA) is 116 Å². The van der Waals surface area contributed by atoms with Crippen LogP contribution >= 0.6 is 0 Å². The molecule has 0 radical (unpaired) electrons. The number of carbonyl (C=O) groups is 3. The van der Waals surface area contributed by atoms with Gasteiger partial charge in [-0.05, 0) is 12.3 Å². The second-order valence-electron chi connectivity index (χ2n) is 4.76. The van der Waals surface area contributed by atoms with Crippen LogP contribution in [-0.4, -0.2) is 40.8 Å². The third kappa shape index (κ3) is 8.34. The van der Waals surface area contributed by atoms with Crippen LogP contribution in [0.3, 0.4) is 0 Å². The van der Waals surface area contributed by atoms with Gasteiger partial charge in [-0.1, -0.05) is 33.1 Å². The van der Waals surface area contributed by atoms with Crippen molar-refractivity contribution in [1.82, 2.24) is 10.6 Å². The summed E-state index contributed by atoms with van der Waals surface area (Å²) in [4.78, 5) is 32.8. The molecule has 7 heteroatoms. The molecule has 0 fully saturated rings. The zero-order chi connectivity index (χ0) is 15.5. The molecule has 0 heterocycles. The maximum atomic E-state index is 11.6. The molecule has 2 unspecified atom stereocenters. The maximum Gasteiger partial charge on any atom is 0.326 e. The summed E-state index contributed by atoms with van der Waals surface area (Å²) in [5.74, 6) is -2.28. The van der Waals surface area contributed by atoms with Crippen molar-refractivity contribution in [2.75, 3.05) is 6.54 Å². The van der Waals surface area contributed by atoms with Crippen molar-refractivity contribution in [3.05, 3.63) is 0 Å². The van der Waals surface area contributed by atoms with Gasteiger partial charge < -0.3 is 20.8 Å². The van der Waals surface area contributed by atoms with Crippen molar-refractivity contribution in [2.45, 2.75) is 52.0 Å². The summed E-state index contributed by atoms with van der Waals surface area (Å²) in [7, 11) is 0. The highest BCUT2D eigenvalue weighted by molar-refractivity contribution is 5.86. The molecule has 0 aromatic rings. The van der Waals surface area contributed by atoms with Gasteiger partial charge in [0.2, 0.25) is 0 Å². The van der Waals surface area contributed by atoms with Crippen molar-refractivity contribution < 1.29 is 24.6 Å². The number of hydrogen-bond acceptors (Lipinski definition) is 3. The molecule has 0 spiro atoms. The predicted molar refractivity (Wildman–Crippen MR) is 73.5 cm³/mol. The Morgan fingerprint density at radius 1 is 1.15 bits per heavy atom. The van der Waals surface area contributed by atoms with Gasteiger partial charge in [-0.3, -0.25) is 4.79 Å². The molecule has 0 aliphatic heterocycles. The minimum atomic E-state index is -1.41. The summed E-state index contributed by atoms with van der Waals surface area (Å²) >= 11 is 0. The van der Waals surface area contributed by atoms with Gasteiger partial charge >= 0.3 is 18.0 Å². The zero-order valence-electron chi connectivity index (χ0n) is 12.0. The summed E-state index contributed by atoms with van der Waals surface area (Å²) in [6, 6.07) is -2.06. The monoisotopic (exact) mass is 288 g/mol. The van der Waals surface area contributed by atoms with Crippen molar-refractivity contribution in [3.63, 3.8) is 0 Å². The van der Waals surface area contributed by atoms with E-state index in [2.05, 4.69) is 17.6 Å². The molecule has 7 nitrogen and oxygen atoms in total. The molecule has 4 N–H and O–H groups in total. The highest BCUT2D eigenvalue weighted by Crippen LogP contribution is 2.11. The Kier molecular flexibility index (Phi) is 9.15. The maximum absolute atomic E-state index is 11.6. The lowest BCUT2D eigenvalue weighted by Crippen LogP contribution is -2.47. The molecule has 20 heavy (non-hydrogen) atoms. The largest absolute Gasteiger partial charge is 0.481 e. The quantitative estimate of drug-likeness (QED) is 0.485. The summed E-state index contributed by atoms with van der Waals surface area (Å²) in [5, 5.41) is 22.1. The average molecular weight is 288 g/mol. The molecule has 2 atom stereocenters. The summed E-state index contributed by atoms with van der Waals surface area (Å²) in [5.41, 5.74) is 0. The first-order valence-electron chi connectivity index (χ1n) is 6.89. The summed E-state index contributed by atoms with van der Waals surface area (Å²) in [6.07, 6.45) is 3.46. The molecule has 0 bridgehead atoms. The molecular weight excluding hydrogens is 264 g/mol. The number of hydrogen-bond donors (Lipinski definition) is 4. The Morgan fingerprint density at radius 2 is 1.80 bits per heavy atom. The molecule has 0 rings (SSSR count). The van der Waals surface area contributed by atoms with Crippen LogP contribution in [0.5, 0.6) is 0 Å². The molecule has 2 amide bonds. The van der Waals surface area contributed by atoms with E-state index in [0.717, 1.165) is 25.7 Å². The van der Waals surface area contributed by atoms with Crippen molar-refractivity contribution in [3.8, 4) is 0 Å². The number of carboxylic acids is 2. The average Bonchev–Trinajstić information content (AvgIpc) is 2.37. The highest BCUT2D eigenvalue weighted by Gasteiger charge is 2.23. The third-order valence-corrected chi connectivity index (χ3v) is 3.08. The lowest BCUT2D eigenvalue weighted by molar-refractivity contribution is -0.145. The normalized spacial score (nSPS) is 13.3. The number of aliphatic carboxylic acids is 2. The lowest BCUT2D eigenvalue weighted by Gasteiger charge is -2.17. The van der Waals surface area contributed by atoms with E-state index in [1.165, 1.54) is 0 Å². The van der Waals surface area contributed by atoms with E-state index in [4.69, 9.17) is 10.2 Å². The van der Waals surface area contributed by atoms with Crippen LogP contribution in [0.4, 0.5) is 4.79 Å². The van der Waals surface area contributed by atoms with E-state index in [0.29, 0.717) is 12.5 Å². The number of carbonyl (C=O) groups excluding carboxylic acids is 1. The van der Waals surface area contributed by atoms with E-state index >= 15 is 0 Å². The van der Waals surface area contributed by atoms with Crippen molar-refractivity contribution >= 4 is 18.0 Å². The fourth-order valence-corrected chi connectivity index (χ4v) is 1.76. The van der Waals surface area contributed by atoms with Gasteiger partial charge in [0.15, 0.2) is 0 Å². The van der Waals surface area contributed by atoms with Crippen LogP contribution < -0.4 is 10.6 Å². The van der Waals surface area contributed by atoms with E-state index in [9.17, 15) is 14.4 Å². The number of urea groups is 1. The van der Waals surface area contributed by atoms with Gasteiger partial charge in [-0.2, -0.15) is 0 Å². The molecule has 0 saturated heterocycles. The molecule has 0 aromatic carbocycles. The summed E-state index contributed by atoms with van der Waals surface area (Å²) in [6.45, 7) is 4.59. The molecule has 0 saturated carbocycles. The molecule has 0 aliphatic rings. The molecule has 0 aromatic heterocycles. The Morgan fingerprint density at radius 3 is 2.25 bits per heavy atom. The third-order valence-electron chi connectivity index (χ3n) is 3.08. The van der Waals surface area contributed by atoms with Gasteiger partial charge in [-0.25, -0.2) is 9.59 Å². The standard InChI is InChI=1S/C13H24N2O5/c1-3-5-6-9(4-2)8-14-13(20)15-10(12(18)19)7-11(16)17/h9-10H,3-8H2,1-2H3,(H,16,17)(H,18,19)(H2,14,15,20). The molecular formula is C13H24N2O5. The molecule has 0 aliphatic carbocycles. The van der Waals surface area contributed by atoms with Gasteiger partial charge in [0.25, 0.3) is 0 Å². The number of nitrogens with one attached hydrogen (secondary N) is 2. The number of carboxylic acid groups (broad SMARTS) is 2. The van der Waals surface area contributed by atoms with Gasteiger partial charge in [0, 0.05) is 6.54 Å². The van der Waals surface area contributed by atoms with Gasteiger partial charge in [0.1, 0.15) is 6.04 Å². The number of rotatable bonds is 10. The Labute approximate surface area is 118 Å². The van der Waals surface area contributed by atoms with Crippen LogP contribution in [0.1, 0.15) is 46.0 Å². The zero-order valence-corrected chi connectivity index (χ0v) is 12.0. The van der Waals surface area contributed by atoms with Crippen molar-refractivity contribution in [2.24, 2.45) is 5.92 Å². The second kappa shape index (κ2) is 10.1. The van der Waals surface area contributed by atoms with E-state index < -0.39 is 30.4 Å².